The summed E-state index contributed by atoms with van der Waals surface area (Å²) in [6, 6.07) is 1.05. The summed E-state index contributed by atoms with van der Waals surface area (Å²) >= 11 is 5.46. The Kier molecular flexibility index (Phi) is 4.45. The number of carboxylic acids is 1. The molecule has 0 aliphatic heterocycles. The van der Waals surface area contributed by atoms with Crippen LogP contribution in [0.2, 0.25) is 5.02 Å². The van der Waals surface area contributed by atoms with Crippen molar-refractivity contribution in [3.63, 3.8) is 0 Å². The van der Waals surface area contributed by atoms with Crippen LogP contribution in [-0.2, 0) is 14.8 Å². The number of nitrogens with one attached hydrogen (secondary N) is 1. The molecule has 0 atom stereocenters. The van der Waals surface area contributed by atoms with E-state index in [1.165, 1.54) is 4.72 Å². The van der Waals surface area contributed by atoms with E-state index in [1.807, 2.05) is 0 Å². The minimum Gasteiger partial charge on any atom is -0.478 e. The number of carboxylic acid groups (broad SMARTS) is 1. The highest BCUT2D eigenvalue weighted by molar-refractivity contribution is 7.90. The summed E-state index contributed by atoms with van der Waals surface area (Å²) in [5.41, 5.74) is 4.30. The van der Waals surface area contributed by atoms with Crippen molar-refractivity contribution in [2.75, 3.05) is 6.54 Å². The molecule has 0 unspecified atom stereocenters. The molecule has 1 aromatic rings. The fourth-order valence-electron chi connectivity index (χ4n) is 1.15. The molecule has 0 aliphatic rings. The largest absolute Gasteiger partial charge is 0.478 e. The van der Waals surface area contributed by atoms with Crippen molar-refractivity contribution in [3.8, 4) is 0 Å². The summed E-state index contributed by atoms with van der Waals surface area (Å²) in [4.78, 5) is 20.7. The van der Waals surface area contributed by atoms with Crippen molar-refractivity contribution in [1.82, 2.24) is 4.72 Å². The van der Waals surface area contributed by atoms with Crippen LogP contribution in [0.4, 0.5) is 4.39 Å². The molecule has 0 heterocycles. The molecular formula is C9H8ClFN2O5S. The van der Waals surface area contributed by atoms with Gasteiger partial charge in [0.15, 0.2) is 0 Å². The fourth-order valence-corrected chi connectivity index (χ4v) is 2.46. The van der Waals surface area contributed by atoms with Crippen molar-refractivity contribution < 1.29 is 27.5 Å². The molecule has 1 amide bonds. The number of hydrogen-bond acceptors (Lipinski definition) is 5. The first-order valence-electron chi connectivity index (χ1n) is 4.67. The normalized spacial score (nSPS) is 11.1. The summed E-state index contributed by atoms with van der Waals surface area (Å²) in [5.74, 6) is -3.88. The van der Waals surface area contributed by atoms with Gasteiger partial charge < -0.3 is 10.8 Å². The predicted octanol–water partition coefficient (Wildman–Crippen LogP) is -0.0591. The van der Waals surface area contributed by atoms with Gasteiger partial charge in [0.25, 0.3) is 10.0 Å². The SMILES string of the molecule is NCC(=O)NS(=O)(=O)c1cc(C(=O)O)c(Cl)cc1F. The van der Waals surface area contributed by atoms with Crippen LogP contribution in [0, 0.1) is 5.82 Å². The molecular weight excluding hydrogens is 303 g/mol. The first-order valence-corrected chi connectivity index (χ1v) is 6.53. The van der Waals surface area contributed by atoms with Gasteiger partial charge in [-0.1, -0.05) is 11.6 Å². The van der Waals surface area contributed by atoms with E-state index in [9.17, 15) is 22.4 Å². The predicted molar refractivity (Wildman–Crippen MR) is 62.8 cm³/mol. The Bertz CT molecular complexity index is 646. The lowest BCUT2D eigenvalue weighted by Crippen LogP contribution is -2.35. The number of nitrogens with two attached hydrogens (primary N) is 1. The zero-order valence-electron chi connectivity index (χ0n) is 9.18. The van der Waals surface area contributed by atoms with E-state index >= 15 is 0 Å². The van der Waals surface area contributed by atoms with Crippen molar-refractivity contribution in [2.24, 2.45) is 5.73 Å². The van der Waals surface area contributed by atoms with E-state index in [0.717, 1.165) is 0 Å². The van der Waals surface area contributed by atoms with E-state index in [-0.39, 0.29) is 0 Å². The number of amides is 1. The van der Waals surface area contributed by atoms with Gasteiger partial charge in [0, 0.05) is 0 Å². The Morgan fingerprint density at radius 1 is 1.42 bits per heavy atom. The summed E-state index contributed by atoms with van der Waals surface area (Å²) in [5, 5.41) is 8.30. The zero-order valence-corrected chi connectivity index (χ0v) is 10.8. The number of sulfonamides is 1. The molecule has 10 heteroatoms. The van der Waals surface area contributed by atoms with E-state index < -0.39 is 49.7 Å². The third-order valence-electron chi connectivity index (χ3n) is 1.98. The van der Waals surface area contributed by atoms with Crippen molar-refractivity contribution >= 4 is 33.5 Å². The van der Waals surface area contributed by atoms with Gasteiger partial charge in [-0.2, -0.15) is 0 Å². The second kappa shape index (κ2) is 5.51. The number of carbonyl (C=O) groups is 2. The highest BCUT2D eigenvalue weighted by Gasteiger charge is 2.24. The van der Waals surface area contributed by atoms with Crippen LogP contribution in [-0.4, -0.2) is 31.9 Å². The van der Waals surface area contributed by atoms with E-state index in [2.05, 4.69) is 0 Å². The smallest absolute Gasteiger partial charge is 0.337 e. The van der Waals surface area contributed by atoms with Crippen LogP contribution < -0.4 is 10.5 Å². The van der Waals surface area contributed by atoms with Gasteiger partial charge in [-0.15, -0.1) is 0 Å². The highest BCUT2D eigenvalue weighted by atomic mass is 35.5. The minimum atomic E-state index is -4.55. The number of hydrogen-bond donors (Lipinski definition) is 3. The average Bonchev–Trinajstić information content (AvgIpc) is 2.27. The van der Waals surface area contributed by atoms with E-state index in [0.29, 0.717) is 12.1 Å². The van der Waals surface area contributed by atoms with Crippen molar-refractivity contribution in [3.05, 3.63) is 28.5 Å². The van der Waals surface area contributed by atoms with Gasteiger partial charge in [0.2, 0.25) is 5.91 Å². The summed E-state index contributed by atoms with van der Waals surface area (Å²) in [7, 11) is -4.55. The Morgan fingerprint density at radius 3 is 2.47 bits per heavy atom. The second-order valence-electron chi connectivity index (χ2n) is 3.30. The molecule has 104 valence electrons. The van der Waals surface area contributed by atoms with E-state index in [4.69, 9.17) is 22.4 Å². The first kappa shape index (κ1) is 15.3. The second-order valence-corrected chi connectivity index (χ2v) is 5.36. The molecule has 0 bridgehead atoms. The lowest BCUT2D eigenvalue weighted by atomic mass is 10.2. The molecule has 0 saturated heterocycles. The van der Waals surface area contributed by atoms with Crippen LogP contribution >= 0.6 is 11.6 Å². The summed E-state index contributed by atoms with van der Waals surface area (Å²) < 4.78 is 38.3. The quantitative estimate of drug-likeness (QED) is 0.715. The van der Waals surface area contributed by atoms with Crippen molar-refractivity contribution in [2.45, 2.75) is 4.90 Å². The number of halogens is 2. The Labute approximate surface area is 112 Å². The van der Waals surface area contributed by atoms with Crippen LogP contribution in [0.25, 0.3) is 0 Å². The molecule has 0 aromatic heterocycles. The Hall–Kier alpha value is -1.71. The van der Waals surface area contributed by atoms with Gasteiger partial charge in [0.1, 0.15) is 10.7 Å². The van der Waals surface area contributed by atoms with Crippen LogP contribution in [0.15, 0.2) is 17.0 Å². The van der Waals surface area contributed by atoms with Gasteiger partial charge in [0.05, 0.1) is 17.1 Å². The summed E-state index contributed by atoms with van der Waals surface area (Å²) in [6.45, 7) is -0.625. The maximum atomic E-state index is 13.5. The molecule has 0 radical (unpaired) electrons. The zero-order chi connectivity index (χ0) is 14.8. The number of carbonyl (C=O) groups excluding carboxylic acids is 1. The highest BCUT2D eigenvalue weighted by Crippen LogP contribution is 2.23. The third-order valence-corrected chi connectivity index (χ3v) is 3.68. The van der Waals surface area contributed by atoms with Crippen LogP contribution in [0.3, 0.4) is 0 Å². The summed E-state index contributed by atoms with van der Waals surface area (Å²) in [6.07, 6.45) is 0. The molecule has 7 nitrogen and oxygen atoms in total. The number of rotatable bonds is 4. The Balaban J connectivity index is 3.38. The van der Waals surface area contributed by atoms with Gasteiger partial charge >= 0.3 is 5.97 Å². The first-order chi connectivity index (χ1) is 8.69. The minimum absolute atomic E-state index is 0.464. The molecule has 0 aliphatic carbocycles. The maximum absolute atomic E-state index is 13.5. The molecule has 0 fully saturated rings. The number of aromatic carboxylic acids is 1. The molecule has 4 N–H and O–H groups in total. The molecule has 1 rings (SSSR count). The molecule has 1 aromatic carbocycles. The van der Waals surface area contributed by atoms with Crippen LogP contribution in [0.5, 0.6) is 0 Å². The van der Waals surface area contributed by atoms with Gasteiger partial charge in [-0.3, -0.25) is 4.79 Å². The Morgan fingerprint density at radius 2 is 2.00 bits per heavy atom. The fraction of sp³-hybridized carbons (Fsp3) is 0.111. The topological polar surface area (TPSA) is 127 Å². The lowest BCUT2D eigenvalue weighted by molar-refractivity contribution is -0.118. The van der Waals surface area contributed by atoms with E-state index in [1.54, 1.807) is 0 Å². The molecule has 0 spiro atoms. The molecule has 0 saturated carbocycles. The lowest BCUT2D eigenvalue weighted by Gasteiger charge is -2.08. The third kappa shape index (κ3) is 3.40. The standard InChI is InChI=1S/C9H8ClFN2O5S/c10-5-2-6(11)7(1-4(5)9(15)16)19(17,18)13-8(14)3-12/h1-2H,3,12H2,(H,13,14)(H,15,16). The average molecular weight is 311 g/mol. The monoisotopic (exact) mass is 310 g/mol. The van der Waals surface area contributed by atoms with Crippen LogP contribution in [0.1, 0.15) is 10.4 Å². The maximum Gasteiger partial charge on any atom is 0.337 e. The van der Waals surface area contributed by atoms with Crippen molar-refractivity contribution in [1.29, 1.82) is 0 Å². The number of benzene rings is 1. The van der Waals surface area contributed by atoms with Gasteiger partial charge in [-0.25, -0.2) is 22.3 Å². The molecule has 19 heavy (non-hydrogen) atoms. The van der Waals surface area contributed by atoms with Gasteiger partial charge in [-0.05, 0) is 12.1 Å².